The highest BCUT2D eigenvalue weighted by Gasteiger charge is 2.00. The number of rotatable bonds is 8. The summed E-state index contributed by atoms with van der Waals surface area (Å²) in [5.41, 5.74) is 0.877. The Balaban J connectivity index is 2.09. The second-order valence-electron chi connectivity index (χ2n) is 4.48. The molecule has 0 bridgehead atoms. The second-order valence-corrected chi connectivity index (χ2v) is 4.92. The van der Waals surface area contributed by atoms with Gasteiger partial charge in [-0.05, 0) is 44.5 Å². The highest BCUT2D eigenvalue weighted by Crippen LogP contribution is 2.12. The van der Waals surface area contributed by atoms with E-state index in [2.05, 4.69) is 10.6 Å². The lowest BCUT2D eigenvalue weighted by Gasteiger charge is -2.09. The summed E-state index contributed by atoms with van der Waals surface area (Å²) in [6.45, 7) is 5.55. The number of ether oxygens (including phenoxy) is 1. The maximum absolute atomic E-state index is 11.5. The van der Waals surface area contributed by atoms with Crippen molar-refractivity contribution in [3.63, 3.8) is 0 Å². The number of hydrogen-bond donors (Lipinski definition) is 2. The lowest BCUT2D eigenvalue weighted by Crippen LogP contribution is -2.31. The molecule has 0 spiro atoms. The van der Waals surface area contributed by atoms with Gasteiger partial charge in [0.1, 0.15) is 0 Å². The highest BCUT2D eigenvalue weighted by molar-refractivity contribution is 6.30. The first-order valence-corrected chi connectivity index (χ1v) is 6.83. The van der Waals surface area contributed by atoms with Crippen molar-refractivity contribution < 1.29 is 9.53 Å². The molecule has 0 heterocycles. The molecule has 5 heteroatoms. The van der Waals surface area contributed by atoms with E-state index >= 15 is 0 Å². The lowest BCUT2D eigenvalue weighted by molar-refractivity contribution is -0.119. The molecule has 0 aliphatic heterocycles. The second kappa shape index (κ2) is 8.77. The molecule has 0 atom stereocenters. The maximum atomic E-state index is 11.5. The van der Waals surface area contributed by atoms with Gasteiger partial charge in [0, 0.05) is 23.9 Å². The van der Waals surface area contributed by atoms with Crippen molar-refractivity contribution in [2.75, 3.05) is 25.0 Å². The van der Waals surface area contributed by atoms with Crippen LogP contribution in [0.5, 0.6) is 0 Å². The average Bonchev–Trinajstić information content (AvgIpc) is 2.37. The van der Waals surface area contributed by atoms with Crippen molar-refractivity contribution in [3.05, 3.63) is 29.3 Å². The molecule has 0 fully saturated rings. The van der Waals surface area contributed by atoms with E-state index in [1.165, 1.54) is 0 Å². The summed E-state index contributed by atoms with van der Waals surface area (Å²) in [5, 5.41) is 6.54. The van der Waals surface area contributed by atoms with Crippen LogP contribution in [0, 0.1) is 0 Å². The summed E-state index contributed by atoms with van der Waals surface area (Å²) in [6, 6.07) is 7.24. The minimum Gasteiger partial charge on any atom is -0.379 e. The largest absolute Gasteiger partial charge is 0.379 e. The van der Waals surface area contributed by atoms with Crippen LogP contribution in [0.3, 0.4) is 0 Å². The van der Waals surface area contributed by atoms with Gasteiger partial charge in [-0.25, -0.2) is 0 Å². The smallest absolute Gasteiger partial charge is 0.239 e. The molecular formula is C14H21ClN2O2. The predicted octanol–water partition coefficient (Wildman–Crippen LogP) is 2.68. The molecule has 1 amide bonds. The van der Waals surface area contributed by atoms with Gasteiger partial charge in [0.05, 0.1) is 12.6 Å². The molecule has 0 aliphatic carbocycles. The maximum Gasteiger partial charge on any atom is 0.239 e. The molecule has 0 radical (unpaired) electrons. The van der Waals surface area contributed by atoms with E-state index in [4.69, 9.17) is 16.3 Å². The fourth-order valence-corrected chi connectivity index (χ4v) is 1.56. The van der Waals surface area contributed by atoms with Gasteiger partial charge < -0.3 is 15.4 Å². The van der Waals surface area contributed by atoms with Gasteiger partial charge in [0.2, 0.25) is 5.91 Å². The number of benzene rings is 1. The van der Waals surface area contributed by atoms with Crippen molar-refractivity contribution in [2.45, 2.75) is 26.4 Å². The average molecular weight is 285 g/mol. The van der Waals surface area contributed by atoms with Gasteiger partial charge in [-0.15, -0.1) is 0 Å². The summed E-state index contributed by atoms with van der Waals surface area (Å²) in [7, 11) is 0. The highest BCUT2D eigenvalue weighted by atomic mass is 35.5. The van der Waals surface area contributed by atoms with Crippen LogP contribution in [0.15, 0.2) is 24.3 Å². The standard InChI is InChI=1S/C14H21ClN2O2/c1-11(2)19-9-3-8-16-14(18)10-17-13-6-4-12(15)5-7-13/h4-7,11,17H,3,8-10H2,1-2H3,(H,16,18). The topological polar surface area (TPSA) is 50.4 Å². The van der Waals surface area contributed by atoms with Crippen molar-refractivity contribution in [2.24, 2.45) is 0 Å². The molecule has 2 N–H and O–H groups in total. The van der Waals surface area contributed by atoms with Crippen LogP contribution in [0.4, 0.5) is 5.69 Å². The van der Waals surface area contributed by atoms with Crippen LogP contribution in [-0.2, 0) is 9.53 Å². The Kier molecular flexibility index (Phi) is 7.30. The monoisotopic (exact) mass is 284 g/mol. The van der Waals surface area contributed by atoms with Crippen LogP contribution in [-0.4, -0.2) is 31.7 Å². The van der Waals surface area contributed by atoms with Gasteiger partial charge in [0.25, 0.3) is 0 Å². The van der Waals surface area contributed by atoms with E-state index in [1.54, 1.807) is 12.1 Å². The summed E-state index contributed by atoms with van der Waals surface area (Å²) in [6.07, 6.45) is 1.06. The third kappa shape index (κ3) is 7.70. The van der Waals surface area contributed by atoms with Crippen LogP contribution >= 0.6 is 11.6 Å². The minimum absolute atomic E-state index is 0.0282. The Morgan fingerprint density at radius 3 is 2.63 bits per heavy atom. The first-order chi connectivity index (χ1) is 9.08. The SMILES string of the molecule is CC(C)OCCCNC(=O)CNc1ccc(Cl)cc1. The van der Waals surface area contributed by atoms with Gasteiger partial charge in [-0.3, -0.25) is 4.79 Å². The van der Waals surface area contributed by atoms with E-state index in [0.717, 1.165) is 12.1 Å². The van der Waals surface area contributed by atoms with E-state index in [1.807, 2.05) is 26.0 Å². The zero-order valence-corrected chi connectivity index (χ0v) is 12.2. The van der Waals surface area contributed by atoms with Gasteiger partial charge in [-0.1, -0.05) is 11.6 Å². The van der Waals surface area contributed by atoms with Gasteiger partial charge >= 0.3 is 0 Å². The quantitative estimate of drug-likeness (QED) is 0.722. The fourth-order valence-electron chi connectivity index (χ4n) is 1.43. The number of hydrogen-bond acceptors (Lipinski definition) is 3. The third-order valence-corrected chi connectivity index (χ3v) is 2.64. The van der Waals surface area contributed by atoms with Crippen LogP contribution in [0.2, 0.25) is 5.02 Å². The Morgan fingerprint density at radius 1 is 1.32 bits per heavy atom. The molecule has 0 unspecified atom stereocenters. The van der Waals surface area contributed by atoms with Crippen LogP contribution < -0.4 is 10.6 Å². The molecule has 1 rings (SSSR count). The van der Waals surface area contributed by atoms with Crippen molar-refractivity contribution in [1.82, 2.24) is 5.32 Å². The van der Waals surface area contributed by atoms with E-state index in [9.17, 15) is 4.79 Å². The molecule has 1 aromatic rings. The zero-order valence-electron chi connectivity index (χ0n) is 11.4. The third-order valence-electron chi connectivity index (χ3n) is 2.39. The number of carbonyl (C=O) groups excluding carboxylic acids is 1. The van der Waals surface area contributed by atoms with Crippen molar-refractivity contribution in [1.29, 1.82) is 0 Å². The van der Waals surface area contributed by atoms with Crippen LogP contribution in [0.25, 0.3) is 0 Å². The molecule has 0 aromatic heterocycles. The number of carbonyl (C=O) groups is 1. The molecule has 0 aliphatic rings. The first kappa shape index (κ1) is 15.8. The molecule has 19 heavy (non-hydrogen) atoms. The molecular weight excluding hydrogens is 264 g/mol. The van der Waals surface area contributed by atoms with E-state index < -0.39 is 0 Å². The van der Waals surface area contributed by atoms with Crippen molar-refractivity contribution in [3.8, 4) is 0 Å². The Bertz CT molecular complexity index is 380. The van der Waals surface area contributed by atoms with Gasteiger partial charge in [-0.2, -0.15) is 0 Å². The Hall–Kier alpha value is -1.26. The van der Waals surface area contributed by atoms with E-state index in [-0.39, 0.29) is 18.6 Å². The summed E-state index contributed by atoms with van der Waals surface area (Å²) < 4.78 is 5.38. The molecule has 4 nitrogen and oxygen atoms in total. The molecule has 1 aromatic carbocycles. The molecule has 0 saturated heterocycles. The molecule has 106 valence electrons. The van der Waals surface area contributed by atoms with Crippen LogP contribution in [0.1, 0.15) is 20.3 Å². The first-order valence-electron chi connectivity index (χ1n) is 6.45. The normalized spacial score (nSPS) is 10.5. The summed E-state index contributed by atoms with van der Waals surface area (Å²) >= 11 is 5.78. The number of nitrogens with one attached hydrogen (secondary N) is 2. The Labute approximate surface area is 119 Å². The van der Waals surface area contributed by atoms with Gasteiger partial charge in [0.15, 0.2) is 0 Å². The summed E-state index contributed by atoms with van der Waals surface area (Å²) in [5.74, 6) is -0.0282. The molecule has 0 saturated carbocycles. The fraction of sp³-hybridized carbons (Fsp3) is 0.500. The number of amides is 1. The zero-order chi connectivity index (χ0) is 14.1. The number of halogens is 1. The number of anilines is 1. The predicted molar refractivity (Wildman–Crippen MR) is 78.7 cm³/mol. The lowest BCUT2D eigenvalue weighted by atomic mass is 10.3. The van der Waals surface area contributed by atoms with Crippen molar-refractivity contribution >= 4 is 23.2 Å². The summed E-state index contributed by atoms with van der Waals surface area (Å²) in [4.78, 5) is 11.5. The minimum atomic E-state index is -0.0282. The Morgan fingerprint density at radius 2 is 2.00 bits per heavy atom. The van der Waals surface area contributed by atoms with E-state index in [0.29, 0.717) is 18.2 Å².